The zero-order valence-corrected chi connectivity index (χ0v) is 14.7. The number of amides is 2. The van der Waals surface area contributed by atoms with Gasteiger partial charge in [-0.25, -0.2) is 9.78 Å². The highest BCUT2D eigenvalue weighted by atomic mass is 16.2. The van der Waals surface area contributed by atoms with Crippen LogP contribution in [0.3, 0.4) is 0 Å². The second-order valence-electron chi connectivity index (χ2n) is 7.43. The first-order valence-electron chi connectivity index (χ1n) is 9.52. The molecule has 136 valence electrons. The number of aromatic amines is 1. The number of nitrogens with one attached hydrogen (secondary N) is 2. The molecule has 1 aliphatic carbocycles. The molecule has 3 aromatic rings. The van der Waals surface area contributed by atoms with E-state index in [0.29, 0.717) is 5.92 Å². The van der Waals surface area contributed by atoms with E-state index < -0.39 is 0 Å². The Morgan fingerprint density at radius 3 is 2.96 bits per heavy atom. The Bertz CT molecular complexity index is 939. The minimum absolute atomic E-state index is 0.0940. The molecule has 8 nitrogen and oxygen atoms in total. The lowest BCUT2D eigenvalue weighted by molar-refractivity contribution is 0.198. The van der Waals surface area contributed by atoms with Crippen molar-refractivity contribution in [3.63, 3.8) is 0 Å². The van der Waals surface area contributed by atoms with Gasteiger partial charge in [-0.3, -0.25) is 4.40 Å². The van der Waals surface area contributed by atoms with Crippen molar-refractivity contribution in [2.45, 2.75) is 50.5 Å². The van der Waals surface area contributed by atoms with Gasteiger partial charge in [0, 0.05) is 31.2 Å². The first kappa shape index (κ1) is 15.6. The van der Waals surface area contributed by atoms with Crippen LogP contribution in [0.5, 0.6) is 0 Å². The number of nitrogens with zero attached hydrogens (tertiary/aromatic N) is 5. The van der Waals surface area contributed by atoms with E-state index in [1.807, 2.05) is 17.2 Å². The first-order valence-corrected chi connectivity index (χ1v) is 9.52. The molecule has 1 aliphatic heterocycles. The molecular weight excluding hydrogens is 330 g/mol. The van der Waals surface area contributed by atoms with Gasteiger partial charge in [0.15, 0.2) is 11.3 Å². The fourth-order valence-corrected chi connectivity index (χ4v) is 4.40. The van der Waals surface area contributed by atoms with E-state index in [4.69, 9.17) is 0 Å². The van der Waals surface area contributed by atoms with Gasteiger partial charge in [-0.2, -0.15) is 0 Å². The molecule has 5 rings (SSSR count). The maximum absolute atomic E-state index is 12.4. The van der Waals surface area contributed by atoms with Gasteiger partial charge in [0.25, 0.3) is 0 Å². The Labute approximate surface area is 151 Å². The third kappa shape index (κ3) is 2.60. The smallest absolute Gasteiger partial charge is 0.317 e. The summed E-state index contributed by atoms with van der Waals surface area (Å²) in [5.74, 6) is 1.27. The molecule has 26 heavy (non-hydrogen) atoms. The van der Waals surface area contributed by atoms with Crippen molar-refractivity contribution in [3.8, 4) is 0 Å². The molecule has 1 saturated carbocycles. The number of hydrogen-bond donors (Lipinski definition) is 2. The molecule has 0 aromatic carbocycles. The largest absolute Gasteiger partial charge is 0.345 e. The van der Waals surface area contributed by atoms with E-state index in [2.05, 4.69) is 29.9 Å². The summed E-state index contributed by atoms with van der Waals surface area (Å²) in [7, 11) is 0. The number of fused-ring (bicyclic) bond motifs is 3. The second-order valence-corrected chi connectivity index (χ2v) is 7.43. The standard InChI is InChI=1S/C18H23N7O/c26-18(24-8-1-2-9-24)21-13-5-3-4-12(10-13)17-23-22-15-11-20-16-14(25(15)17)6-7-19-16/h6-7,11-13,19H,1-5,8-10H2,(H,21,26)/t12-,13+/m0/s1. The van der Waals surface area contributed by atoms with Crippen molar-refractivity contribution >= 4 is 22.8 Å². The van der Waals surface area contributed by atoms with Crippen LogP contribution in [0.1, 0.15) is 50.3 Å². The summed E-state index contributed by atoms with van der Waals surface area (Å²) in [6, 6.07) is 2.31. The number of urea groups is 1. The third-order valence-electron chi connectivity index (χ3n) is 5.73. The Morgan fingerprint density at radius 1 is 1.19 bits per heavy atom. The quantitative estimate of drug-likeness (QED) is 0.740. The van der Waals surface area contributed by atoms with Crippen molar-refractivity contribution in [1.29, 1.82) is 0 Å². The fraction of sp³-hybridized carbons (Fsp3) is 0.556. The van der Waals surface area contributed by atoms with Crippen LogP contribution in [0.2, 0.25) is 0 Å². The van der Waals surface area contributed by atoms with E-state index in [1.54, 1.807) is 6.20 Å². The van der Waals surface area contributed by atoms with E-state index in [-0.39, 0.29) is 12.1 Å². The summed E-state index contributed by atoms with van der Waals surface area (Å²) in [4.78, 5) is 21.9. The maximum Gasteiger partial charge on any atom is 0.317 e. The van der Waals surface area contributed by atoms with E-state index in [9.17, 15) is 4.79 Å². The summed E-state index contributed by atoms with van der Waals surface area (Å²) in [5, 5.41) is 12.0. The van der Waals surface area contributed by atoms with E-state index in [1.165, 1.54) is 0 Å². The number of carbonyl (C=O) groups excluding carboxylic acids is 1. The summed E-state index contributed by atoms with van der Waals surface area (Å²) in [5.41, 5.74) is 2.62. The van der Waals surface area contributed by atoms with Gasteiger partial charge in [-0.15, -0.1) is 10.2 Å². The van der Waals surface area contributed by atoms with Crippen LogP contribution in [0.4, 0.5) is 4.79 Å². The molecule has 0 radical (unpaired) electrons. The zero-order valence-electron chi connectivity index (χ0n) is 14.7. The maximum atomic E-state index is 12.4. The van der Waals surface area contributed by atoms with Gasteiger partial charge < -0.3 is 15.2 Å². The fourth-order valence-electron chi connectivity index (χ4n) is 4.40. The molecule has 1 saturated heterocycles. The lowest BCUT2D eigenvalue weighted by Crippen LogP contribution is -2.45. The van der Waals surface area contributed by atoms with Gasteiger partial charge in [-0.1, -0.05) is 6.42 Å². The van der Waals surface area contributed by atoms with Crippen LogP contribution in [0.25, 0.3) is 16.8 Å². The topological polar surface area (TPSA) is 91.2 Å². The van der Waals surface area contributed by atoms with Gasteiger partial charge >= 0.3 is 6.03 Å². The van der Waals surface area contributed by atoms with Gasteiger partial charge in [0.1, 0.15) is 5.82 Å². The summed E-state index contributed by atoms with van der Waals surface area (Å²) >= 11 is 0. The van der Waals surface area contributed by atoms with Crippen LogP contribution in [-0.2, 0) is 0 Å². The first-order chi connectivity index (χ1) is 12.8. The van der Waals surface area contributed by atoms with Crippen LogP contribution in [0.15, 0.2) is 18.5 Å². The average Bonchev–Trinajstić information content (AvgIpc) is 3.40. The average molecular weight is 353 g/mol. The second kappa shape index (κ2) is 6.26. The lowest BCUT2D eigenvalue weighted by Gasteiger charge is -2.30. The zero-order chi connectivity index (χ0) is 17.5. The van der Waals surface area contributed by atoms with Crippen molar-refractivity contribution in [2.24, 2.45) is 0 Å². The van der Waals surface area contributed by atoms with E-state index in [0.717, 1.165) is 74.2 Å². The number of H-pyrrole nitrogens is 1. The van der Waals surface area contributed by atoms with Gasteiger partial charge in [0.2, 0.25) is 0 Å². The Morgan fingerprint density at radius 2 is 2.08 bits per heavy atom. The predicted molar refractivity (Wildman–Crippen MR) is 97.0 cm³/mol. The number of rotatable bonds is 2. The molecule has 0 spiro atoms. The number of aromatic nitrogens is 5. The molecule has 2 fully saturated rings. The van der Waals surface area contributed by atoms with Crippen molar-refractivity contribution in [1.82, 2.24) is 34.8 Å². The monoisotopic (exact) mass is 353 g/mol. The minimum atomic E-state index is 0.0940. The molecule has 2 amide bonds. The van der Waals surface area contributed by atoms with Crippen LogP contribution >= 0.6 is 0 Å². The summed E-state index contributed by atoms with van der Waals surface area (Å²) in [6.45, 7) is 1.77. The van der Waals surface area contributed by atoms with Crippen LogP contribution < -0.4 is 5.32 Å². The number of likely N-dealkylation sites (tertiary alicyclic amines) is 1. The molecular formula is C18H23N7O. The van der Waals surface area contributed by atoms with E-state index >= 15 is 0 Å². The molecule has 3 aromatic heterocycles. The highest BCUT2D eigenvalue weighted by Gasteiger charge is 2.29. The van der Waals surface area contributed by atoms with Gasteiger partial charge in [0.05, 0.1) is 11.7 Å². The molecule has 4 heterocycles. The molecule has 2 atom stereocenters. The summed E-state index contributed by atoms with van der Waals surface area (Å²) in [6.07, 6.45) is 9.99. The molecule has 8 heteroatoms. The van der Waals surface area contributed by atoms with Crippen molar-refractivity contribution < 1.29 is 4.79 Å². The van der Waals surface area contributed by atoms with Crippen LogP contribution in [0, 0.1) is 0 Å². The third-order valence-corrected chi connectivity index (χ3v) is 5.73. The minimum Gasteiger partial charge on any atom is -0.345 e. The molecule has 0 bridgehead atoms. The highest BCUT2D eigenvalue weighted by Crippen LogP contribution is 2.33. The molecule has 2 N–H and O–H groups in total. The van der Waals surface area contributed by atoms with Crippen molar-refractivity contribution in [3.05, 3.63) is 24.3 Å². The SMILES string of the molecule is O=C(N[C@@H]1CCC[C@H](c2nnc3cnc4[nH]ccc4n23)C1)N1CCCC1. The molecule has 2 aliphatic rings. The molecule has 0 unspecified atom stereocenters. The Hall–Kier alpha value is -2.64. The van der Waals surface area contributed by atoms with Gasteiger partial charge in [-0.05, 0) is 38.2 Å². The Balaban J connectivity index is 1.39. The summed E-state index contributed by atoms with van der Waals surface area (Å²) < 4.78 is 2.11. The highest BCUT2D eigenvalue weighted by molar-refractivity contribution is 5.75. The normalized spacial score (nSPS) is 23.8. The lowest BCUT2D eigenvalue weighted by atomic mass is 9.85. The number of carbonyl (C=O) groups is 1. The predicted octanol–water partition coefficient (Wildman–Crippen LogP) is 2.44. The Kier molecular flexibility index (Phi) is 3.76. The van der Waals surface area contributed by atoms with Crippen molar-refractivity contribution in [2.75, 3.05) is 13.1 Å². The van der Waals surface area contributed by atoms with Crippen LogP contribution in [-0.4, -0.2) is 54.6 Å². The number of hydrogen-bond acceptors (Lipinski definition) is 4.